The van der Waals surface area contributed by atoms with Gasteiger partial charge in [-0.2, -0.15) is 20.3 Å². The summed E-state index contributed by atoms with van der Waals surface area (Å²) in [6.45, 7) is 0.924. The molecule has 2 heterocycles. The standard InChI is InChI=1S/C9H13N5/c1-14-12-6-8(13-14)5-9(7-10)3-2-4-11-9/h6,11H,2-5H2,1H3. The maximum absolute atomic E-state index is 9.12. The van der Waals surface area contributed by atoms with Crippen molar-refractivity contribution in [1.29, 1.82) is 5.26 Å². The molecule has 2 rings (SSSR count). The molecule has 14 heavy (non-hydrogen) atoms. The molecule has 1 aromatic rings. The molecule has 1 saturated heterocycles. The molecule has 1 atom stereocenters. The Hall–Kier alpha value is -1.41. The van der Waals surface area contributed by atoms with Crippen LogP contribution in [-0.2, 0) is 13.5 Å². The van der Waals surface area contributed by atoms with E-state index in [9.17, 15) is 0 Å². The van der Waals surface area contributed by atoms with Crippen LogP contribution in [0.3, 0.4) is 0 Å². The van der Waals surface area contributed by atoms with Gasteiger partial charge in [0, 0.05) is 13.5 Å². The summed E-state index contributed by atoms with van der Waals surface area (Å²) >= 11 is 0. The van der Waals surface area contributed by atoms with Crippen LogP contribution in [0.25, 0.3) is 0 Å². The molecule has 0 aliphatic carbocycles. The SMILES string of the molecule is Cn1ncc(CC2(C#N)CCCN2)n1. The van der Waals surface area contributed by atoms with Crippen LogP contribution in [-0.4, -0.2) is 27.1 Å². The van der Waals surface area contributed by atoms with Gasteiger partial charge < -0.3 is 0 Å². The average Bonchev–Trinajstić information content (AvgIpc) is 2.77. The highest BCUT2D eigenvalue weighted by Crippen LogP contribution is 2.22. The second-order valence-corrected chi connectivity index (χ2v) is 3.73. The van der Waals surface area contributed by atoms with Crippen molar-refractivity contribution in [2.75, 3.05) is 6.54 Å². The van der Waals surface area contributed by atoms with Crippen LogP contribution in [0.4, 0.5) is 0 Å². The van der Waals surface area contributed by atoms with Gasteiger partial charge >= 0.3 is 0 Å². The van der Waals surface area contributed by atoms with E-state index in [0.717, 1.165) is 25.1 Å². The minimum absolute atomic E-state index is 0.407. The van der Waals surface area contributed by atoms with Crippen molar-refractivity contribution in [3.8, 4) is 6.07 Å². The molecule has 5 nitrogen and oxygen atoms in total. The third kappa shape index (κ3) is 1.61. The first-order valence-corrected chi connectivity index (χ1v) is 4.76. The van der Waals surface area contributed by atoms with Crippen LogP contribution < -0.4 is 5.32 Å². The molecule has 0 amide bonds. The van der Waals surface area contributed by atoms with E-state index in [1.54, 1.807) is 13.2 Å². The number of rotatable bonds is 2. The molecular formula is C9H13N5. The molecule has 1 aliphatic rings. The van der Waals surface area contributed by atoms with Crippen molar-refractivity contribution in [1.82, 2.24) is 20.3 Å². The second-order valence-electron chi connectivity index (χ2n) is 3.73. The van der Waals surface area contributed by atoms with Crippen molar-refractivity contribution in [3.63, 3.8) is 0 Å². The first-order chi connectivity index (χ1) is 6.74. The Kier molecular flexibility index (Phi) is 2.22. The van der Waals surface area contributed by atoms with Crippen LogP contribution >= 0.6 is 0 Å². The zero-order valence-corrected chi connectivity index (χ0v) is 8.19. The molecule has 0 aromatic carbocycles. The largest absolute Gasteiger partial charge is 0.299 e. The minimum Gasteiger partial charge on any atom is -0.299 e. The highest BCUT2D eigenvalue weighted by molar-refractivity contribution is 5.16. The van der Waals surface area contributed by atoms with Crippen molar-refractivity contribution >= 4 is 0 Å². The third-order valence-electron chi connectivity index (χ3n) is 2.59. The fourth-order valence-electron chi connectivity index (χ4n) is 1.87. The molecule has 1 unspecified atom stereocenters. The van der Waals surface area contributed by atoms with Gasteiger partial charge in [-0.25, -0.2) is 0 Å². The number of nitrogens with one attached hydrogen (secondary N) is 1. The van der Waals surface area contributed by atoms with Gasteiger partial charge in [-0.05, 0) is 19.4 Å². The Morgan fingerprint density at radius 2 is 2.64 bits per heavy atom. The summed E-state index contributed by atoms with van der Waals surface area (Å²) in [5.74, 6) is 0. The Morgan fingerprint density at radius 1 is 1.79 bits per heavy atom. The second kappa shape index (κ2) is 3.39. The zero-order chi connectivity index (χ0) is 10.0. The van der Waals surface area contributed by atoms with Crippen LogP contribution in [0.2, 0.25) is 0 Å². The maximum atomic E-state index is 9.12. The molecule has 0 spiro atoms. The summed E-state index contributed by atoms with van der Waals surface area (Å²) in [5.41, 5.74) is 0.471. The maximum Gasteiger partial charge on any atom is 0.112 e. The number of aryl methyl sites for hydroxylation is 1. The van der Waals surface area contributed by atoms with Gasteiger partial charge in [0.25, 0.3) is 0 Å². The molecular weight excluding hydrogens is 178 g/mol. The predicted molar refractivity (Wildman–Crippen MR) is 50.3 cm³/mol. The summed E-state index contributed by atoms with van der Waals surface area (Å²) in [5, 5.41) is 20.5. The zero-order valence-electron chi connectivity index (χ0n) is 8.19. The van der Waals surface area contributed by atoms with Gasteiger partial charge in [0.05, 0.1) is 18.0 Å². The Bertz CT molecular complexity index is 356. The minimum atomic E-state index is -0.407. The summed E-state index contributed by atoms with van der Waals surface area (Å²) in [7, 11) is 1.78. The van der Waals surface area contributed by atoms with Gasteiger partial charge in [-0.1, -0.05) is 0 Å². The fraction of sp³-hybridized carbons (Fsp3) is 0.667. The van der Waals surface area contributed by atoms with Crippen LogP contribution in [0, 0.1) is 11.3 Å². The lowest BCUT2D eigenvalue weighted by Crippen LogP contribution is -2.40. The van der Waals surface area contributed by atoms with Gasteiger partial charge in [0.15, 0.2) is 0 Å². The lowest BCUT2D eigenvalue weighted by Gasteiger charge is -2.18. The summed E-state index contributed by atoms with van der Waals surface area (Å²) < 4.78 is 0. The van der Waals surface area contributed by atoms with Gasteiger partial charge in [-0.15, -0.1) is 0 Å². The Balaban J connectivity index is 2.13. The first kappa shape index (κ1) is 9.16. The lowest BCUT2D eigenvalue weighted by atomic mass is 9.94. The first-order valence-electron chi connectivity index (χ1n) is 4.76. The summed E-state index contributed by atoms with van der Waals surface area (Å²) in [6.07, 6.45) is 4.34. The molecule has 1 N–H and O–H groups in total. The van der Waals surface area contributed by atoms with Crippen molar-refractivity contribution < 1.29 is 0 Å². The monoisotopic (exact) mass is 191 g/mol. The fourth-order valence-corrected chi connectivity index (χ4v) is 1.87. The van der Waals surface area contributed by atoms with E-state index < -0.39 is 5.54 Å². The normalized spacial score (nSPS) is 26.3. The van der Waals surface area contributed by atoms with Crippen molar-refractivity contribution in [3.05, 3.63) is 11.9 Å². The number of nitrogens with zero attached hydrogens (tertiary/aromatic N) is 4. The van der Waals surface area contributed by atoms with E-state index >= 15 is 0 Å². The molecule has 0 bridgehead atoms. The van der Waals surface area contributed by atoms with Crippen LogP contribution in [0.1, 0.15) is 18.5 Å². The van der Waals surface area contributed by atoms with Gasteiger partial charge in [0.2, 0.25) is 0 Å². The smallest absolute Gasteiger partial charge is 0.112 e. The molecule has 74 valence electrons. The average molecular weight is 191 g/mol. The molecule has 0 saturated carbocycles. The van der Waals surface area contributed by atoms with Gasteiger partial charge in [-0.3, -0.25) is 5.32 Å². The number of hydrogen-bond acceptors (Lipinski definition) is 4. The molecule has 1 aromatic heterocycles. The van der Waals surface area contributed by atoms with E-state index in [0.29, 0.717) is 6.42 Å². The van der Waals surface area contributed by atoms with E-state index in [1.165, 1.54) is 4.80 Å². The molecule has 1 aliphatic heterocycles. The lowest BCUT2D eigenvalue weighted by molar-refractivity contribution is 0.472. The van der Waals surface area contributed by atoms with E-state index in [2.05, 4.69) is 21.6 Å². The molecule has 5 heteroatoms. The van der Waals surface area contributed by atoms with Crippen LogP contribution in [0.5, 0.6) is 0 Å². The summed E-state index contributed by atoms with van der Waals surface area (Å²) in [6, 6.07) is 2.35. The van der Waals surface area contributed by atoms with E-state index in [1.807, 2.05) is 0 Å². The summed E-state index contributed by atoms with van der Waals surface area (Å²) in [4.78, 5) is 1.52. The van der Waals surface area contributed by atoms with Crippen LogP contribution in [0.15, 0.2) is 6.20 Å². The highest BCUT2D eigenvalue weighted by atomic mass is 15.4. The topological polar surface area (TPSA) is 66.5 Å². The highest BCUT2D eigenvalue weighted by Gasteiger charge is 2.34. The van der Waals surface area contributed by atoms with Crippen molar-refractivity contribution in [2.24, 2.45) is 7.05 Å². The Labute approximate surface area is 82.7 Å². The quantitative estimate of drug-likeness (QED) is 0.714. The number of hydrogen-bond donors (Lipinski definition) is 1. The number of aromatic nitrogens is 3. The third-order valence-corrected chi connectivity index (χ3v) is 2.59. The molecule has 1 fully saturated rings. The Morgan fingerprint density at radius 3 is 3.14 bits per heavy atom. The number of nitriles is 1. The van der Waals surface area contributed by atoms with E-state index in [4.69, 9.17) is 5.26 Å². The van der Waals surface area contributed by atoms with Gasteiger partial charge in [0.1, 0.15) is 5.54 Å². The van der Waals surface area contributed by atoms with Crippen molar-refractivity contribution in [2.45, 2.75) is 24.8 Å². The molecule has 0 radical (unpaired) electrons. The van der Waals surface area contributed by atoms with E-state index in [-0.39, 0.29) is 0 Å². The predicted octanol–water partition coefficient (Wildman–Crippen LogP) is 0.00338.